The van der Waals surface area contributed by atoms with Crippen molar-refractivity contribution in [3.63, 3.8) is 0 Å². The lowest BCUT2D eigenvalue weighted by molar-refractivity contribution is -0.0715. The van der Waals surface area contributed by atoms with E-state index in [1.807, 2.05) is 20.8 Å². The van der Waals surface area contributed by atoms with Gasteiger partial charge >= 0.3 is 0 Å². The van der Waals surface area contributed by atoms with Crippen molar-refractivity contribution in [2.24, 2.45) is 0 Å². The fraction of sp³-hybridized carbons (Fsp3) is 1.00. The molecule has 0 amide bonds. The number of aliphatic hydroxyl groups is 2. The number of rotatable bonds is 15. The number of epoxide rings is 1. The fourth-order valence-corrected chi connectivity index (χ4v) is 2.29. The van der Waals surface area contributed by atoms with Gasteiger partial charge in [0.1, 0.15) is 12.2 Å². The average molecular weight is 465 g/mol. The van der Waals surface area contributed by atoms with Crippen LogP contribution in [0, 0.1) is 0 Å². The summed E-state index contributed by atoms with van der Waals surface area (Å²) in [7, 11) is 0. The molecule has 2 unspecified atom stereocenters. The first kappa shape index (κ1) is 33.9. The molecule has 0 radical (unpaired) electrons. The van der Waals surface area contributed by atoms with Crippen molar-refractivity contribution in [3.05, 3.63) is 0 Å². The van der Waals surface area contributed by atoms with E-state index in [2.05, 4.69) is 34.6 Å². The molecule has 1 fully saturated rings. The Morgan fingerprint density at radius 3 is 1.78 bits per heavy atom. The van der Waals surface area contributed by atoms with Crippen LogP contribution < -0.4 is 0 Å². The Bertz CT molecular complexity index is 367. The Balaban J connectivity index is 0. The quantitative estimate of drug-likeness (QED) is 0.245. The first-order valence-corrected chi connectivity index (χ1v) is 12.7. The van der Waals surface area contributed by atoms with Crippen LogP contribution in [-0.4, -0.2) is 73.3 Å². The predicted octanol–water partition coefficient (Wildman–Crippen LogP) is 5.52. The van der Waals surface area contributed by atoms with Crippen LogP contribution in [0.15, 0.2) is 0 Å². The van der Waals surface area contributed by atoms with Crippen LogP contribution in [0.3, 0.4) is 0 Å². The minimum atomic E-state index is -0.509. The summed E-state index contributed by atoms with van der Waals surface area (Å²) < 4.78 is 21.2. The molecule has 1 heterocycles. The van der Waals surface area contributed by atoms with Gasteiger partial charge in [-0.05, 0) is 54.4 Å². The number of ether oxygens (including phenoxy) is 4. The molecule has 0 saturated carbocycles. The molecule has 196 valence electrons. The molecule has 0 spiro atoms. The fourth-order valence-electron chi connectivity index (χ4n) is 2.29. The Morgan fingerprint density at radius 1 is 0.812 bits per heavy atom. The molecule has 1 saturated heterocycles. The van der Waals surface area contributed by atoms with E-state index < -0.39 is 6.10 Å². The number of hydrogen-bond donors (Lipinski definition) is 2. The summed E-state index contributed by atoms with van der Waals surface area (Å²) in [6.07, 6.45) is 9.36. The second kappa shape index (κ2) is 21.3. The van der Waals surface area contributed by atoms with Gasteiger partial charge in [0.2, 0.25) is 0 Å². The minimum absolute atomic E-state index is 0.00799. The Kier molecular flexibility index (Phi) is 22.6. The van der Waals surface area contributed by atoms with Crippen molar-refractivity contribution in [1.29, 1.82) is 0 Å². The molecule has 1 aliphatic rings. The number of aliphatic hydroxyl groups excluding tert-OH is 2. The molecule has 1 aliphatic heterocycles. The van der Waals surface area contributed by atoms with Gasteiger partial charge in [-0.15, -0.1) is 0 Å². The van der Waals surface area contributed by atoms with Crippen molar-refractivity contribution in [2.45, 2.75) is 130 Å². The molecule has 6 nitrogen and oxygen atoms in total. The molecule has 0 aliphatic carbocycles. The lowest BCUT2D eigenvalue weighted by atomic mass is 10.2. The lowest BCUT2D eigenvalue weighted by Gasteiger charge is -2.21. The third kappa shape index (κ3) is 34.4. The lowest BCUT2D eigenvalue weighted by Crippen LogP contribution is -2.29. The van der Waals surface area contributed by atoms with Gasteiger partial charge in [0.05, 0.1) is 37.6 Å². The van der Waals surface area contributed by atoms with Crippen molar-refractivity contribution in [2.75, 3.05) is 39.6 Å². The predicted molar refractivity (Wildman–Crippen MR) is 133 cm³/mol. The highest BCUT2D eigenvalue weighted by Gasteiger charge is 2.24. The molecule has 32 heavy (non-hydrogen) atoms. The maximum absolute atomic E-state index is 9.57. The van der Waals surface area contributed by atoms with Crippen molar-refractivity contribution in [3.8, 4) is 0 Å². The second-order valence-corrected chi connectivity index (χ2v) is 10.4. The van der Waals surface area contributed by atoms with E-state index in [1.54, 1.807) is 0 Å². The van der Waals surface area contributed by atoms with E-state index >= 15 is 0 Å². The highest BCUT2D eigenvalue weighted by molar-refractivity contribution is 4.70. The van der Waals surface area contributed by atoms with Crippen LogP contribution in [-0.2, 0) is 18.9 Å². The average Bonchev–Trinajstić information content (AvgIpc) is 3.53. The standard InChI is InChI=1S/C13H28O3.C7H14O2.C6H14O/c1-5-6-7-8-9-15-10-12(14)11-16-13(2,3)4;1-7(2,3)9-5-6-4-8-6;1-2-3-4-5-6-7/h12,14H,5-11H2,1-4H3;6H,4-5H2,1-3H3;7H,2-6H2,1H3. The minimum Gasteiger partial charge on any atom is -0.396 e. The van der Waals surface area contributed by atoms with Gasteiger partial charge in [-0.1, -0.05) is 52.4 Å². The maximum Gasteiger partial charge on any atom is 0.104 e. The number of hydrogen-bond acceptors (Lipinski definition) is 6. The molecule has 0 aromatic rings. The highest BCUT2D eigenvalue weighted by Crippen LogP contribution is 2.14. The SMILES string of the molecule is CC(C)(C)OCC1CO1.CCCCCCO.CCCCCCOCC(O)COC(C)(C)C. The normalized spacial score (nSPS) is 16.5. The first-order valence-electron chi connectivity index (χ1n) is 12.7. The van der Waals surface area contributed by atoms with Gasteiger partial charge in [0.15, 0.2) is 0 Å². The van der Waals surface area contributed by atoms with Crippen LogP contribution in [0.4, 0.5) is 0 Å². The Hall–Kier alpha value is -0.240. The van der Waals surface area contributed by atoms with Gasteiger partial charge in [-0.2, -0.15) is 0 Å². The van der Waals surface area contributed by atoms with E-state index in [1.165, 1.54) is 38.5 Å². The van der Waals surface area contributed by atoms with Crippen LogP contribution in [0.5, 0.6) is 0 Å². The first-order chi connectivity index (χ1) is 14.9. The largest absolute Gasteiger partial charge is 0.396 e. The zero-order valence-electron chi connectivity index (χ0n) is 22.6. The van der Waals surface area contributed by atoms with E-state index in [-0.39, 0.29) is 11.2 Å². The third-order valence-electron chi connectivity index (χ3n) is 4.28. The van der Waals surface area contributed by atoms with Crippen molar-refractivity contribution in [1.82, 2.24) is 0 Å². The van der Waals surface area contributed by atoms with E-state index in [0.29, 0.717) is 25.9 Å². The molecule has 1 rings (SSSR count). The number of unbranched alkanes of at least 4 members (excludes halogenated alkanes) is 6. The van der Waals surface area contributed by atoms with Crippen LogP contribution in [0.2, 0.25) is 0 Å². The van der Waals surface area contributed by atoms with E-state index in [9.17, 15) is 5.11 Å². The van der Waals surface area contributed by atoms with Crippen LogP contribution in [0.1, 0.15) is 107 Å². The zero-order chi connectivity index (χ0) is 24.9. The summed E-state index contributed by atoms with van der Waals surface area (Å²) in [5.41, 5.74) is -0.200. The molecular formula is C26H56O6. The zero-order valence-corrected chi connectivity index (χ0v) is 22.6. The summed E-state index contributed by atoms with van der Waals surface area (Å²) in [5.74, 6) is 0. The molecule has 6 heteroatoms. The van der Waals surface area contributed by atoms with E-state index in [0.717, 1.165) is 32.7 Å². The van der Waals surface area contributed by atoms with Gasteiger partial charge in [0.25, 0.3) is 0 Å². The molecule has 0 bridgehead atoms. The summed E-state index contributed by atoms with van der Waals surface area (Å²) in [4.78, 5) is 0. The van der Waals surface area contributed by atoms with Gasteiger partial charge in [0, 0.05) is 13.2 Å². The van der Waals surface area contributed by atoms with Gasteiger partial charge in [-0.3, -0.25) is 0 Å². The van der Waals surface area contributed by atoms with E-state index in [4.69, 9.17) is 24.1 Å². The molecule has 2 N–H and O–H groups in total. The van der Waals surface area contributed by atoms with Crippen molar-refractivity contribution >= 4 is 0 Å². The summed E-state index contributed by atoms with van der Waals surface area (Å²) in [6.45, 7) is 19.9. The van der Waals surface area contributed by atoms with Crippen LogP contribution >= 0.6 is 0 Å². The molecule has 0 aromatic heterocycles. The topological polar surface area (TPSA) is 80.7 Å². The molecular weight excluding hydrogens is 408 g/mol. The smallest absolute Gasteiger partial charge is 0.104 e. The highest BCUT2D eigenvalue weighted by atomic mass is 16.6. The van der Waals surface area contributed by atoms with Crippen LogP contribution in [0.25, 0.3) is 0 Å². The third-order valence-corrected chi connectivity index (χ3v) is 4.28. The monoisotopic (exact) mass is 464 g/mol. The van der Waals surface area contributed by atoms with Gasteiger partial charge < -0.3 is 29.2 Å². The maximum atomic E-state index is 9.57. The second-order valence-electron chi connectivity index (χ2n) is 10.4. The Labute approximate surface area is 199 Å². The Morgan fingerprint density at radius 2 is 1.34 bits per heavy atom. The molecule has 2 atom stereocenters. The molecule has 0 aromatic carbocycles. The van der Waals surface area contributed by atoms with Gasteiger partial charge in [-0.25, -0.2) is 0 Å². The van der Waals surface area contributed by atoms with Crippen molar-refractivity contribution < 1.29 is 29.2 Å². The summed E-state index contributed by atoms with van der Waals surface area (Å²) in [6, 6.07) is 0. The summed E-state index contributed by atoms with van der Waals surface area (Å²) >= 11 is 0. The summed E-state index contributed by atoms with van der Waals surface area (Å²) in [5, 5.41) is 17.9.